The number of hydrogen-bond acceptors (Lipinski definition) is 4. The first-order valence-corrected chi connectivity index (χ1v) is 15.4. The third-order valence-electron chi connectivity index (χ3n) is 7.05. The van der Waals surface area contributed by atoms with E-state index in [1.807, 2.05) is 30.3 Å². The minimum absolute atomic E-state index is 0.00448. The van der Waals surface area contributed by atoms with E-state index < -0.39 is 34.3 Å². The van der Waals surface area contributed by atoms with Crippen molar-refractivity contribution < 1.29 is 22.4 Å². The van der Waals surface area contributed by atoms with Crippen molar-refractivity contribution in [2.75, 3.05) is 17.1 Å². The lowest BCUT2D eigenvalue weighted by molar-refractivity contribution is -0.140. The first-order chi connectivity index (χ1) is 19.1. The lowest BCUT2D eigenvalue weighted by Crippen LogP contribution is -2.54. The second kappa shape index (κ2) is 13.3. The van der Waals surface area contributed by atoms with Crippen LogP contribution >= 0.6 is 11.6 Å². The summed E-state index contributed by atoms with van der Waals surface area (Å²) in [7, 11) is -3.92. The summed E-state index contributed by atoms with van der Waals surface area (Å²) in [4.78, 5) is 29.1. The summed E-state index contributed by atoms with van der Waals surface area (Å²) >= 11 is 6.11. The number of halogens is 2. The Balaban J connectivity index is 1.73. The van der Waals surface area contributed by atoms with Gasteiger partial charge in [0, 0.05) is 29.6 Å². The van der Waals surface area contributed by atoms with Crippen molar-refractivity contribution in [3.63, 3.8) is 0 Å². The van der Waals surface area contributed by atoms with Gasteiger partial charge < -0.3 is 10.2 Å². The molecular formula is C30H33ClFN3O4S. The van der Waals surface area contributed by atoms with E-state index in [0.717, 1.165) is 41.8 Å². The highest BCUT2D eigenvalue weighted by Gasteiger charge is 2.34. The molecule has 0 aromatic heterocycles. The second-order valence-corrected chi connectivity index (χ2v) is 12.4. The normalized spacial score (nSPS) is 14.5. The Morgan fingerprint density at radius 2 is 1.68 bits per heavy atom. The van der Waals surface area contributed by atoms with Gasteiger partial charge in [0.05, 0.1) is 11.9 Å². The Hall–Kier alpha value is -3.43. The van der Waals surface area contributed by atoms with Gasteiger partial charge in [-0.1, -0.05) is 79.0 Å². The molecule has 0 bridgehead atoms. The molecule has 3 aromatic carbocycles. The van der Waals surface area contributed by atoms with Crippen molar-refractivity contribution in [2.45, 2.75) is 50.7 Å². The Kier molecular flexibility index (Phi) is 9.81. The van der Waals surface area contributed by atoms with E-state index in [2.05, 4.69) is 5.32 Å². The number of benzene rings is 3. The molecule has 212 valence electrons. The van der Waals surface area contributed by atoms with Crippen LogP contribution in [0.1, 0.15) is 36.8 Å². The van der Waals surface area contributed by atoms with Crippen LogP contribution < -0.4 is 9.62 Å². The lowest BCUT2D eigenvalue weighted by atomic mass is 10.0. The fourth-order valence-corrected chi connectivity index (χ4v) is 6.00. The molecule has 7 nitrogen and oxygen atoms in total. The fraction of sp³-hybridized carbons (Fsp3) is 0.333. The Morgan fingerprint density at radius 3 is 2.33 bits per heavy atom. The van der Waals surface area contributed by atoms with Crippen LogP contribution in [0.25, 0.3) is 0 Å². The van der Waals surface area contributed by atoms with Crippen molar-refractivity contribution in [3.8, 4) is 0 Å². The Labute approximate surface area is 240 Å². The van der Waals surface area contributed by atoms with Crippen LogP contribution in [0.15, 0.2) is 78.9 Å². The predicted octanol–water partition coefficient (Wildman–Crippen LogP) is 4.94. The van der Waals surface area contributed by atoms with Crippen molar-refractivity contribution >= 4 is 39.1 Å². The SMILES string of the molecule is CS(=O)(=O)N(CC(=O)N(Cc1ccccc1F)[C@@H](Cc1ccccc1)C(=O)NC1CCCC1)c1cccc(Cl)c1. The molecule has 0 aliphatic heterocycles. The summed E-state index contributed by atoms with van der Waals surface area (Å²) in [5.41, 5.74) is 1.25. The highest BCUT2D eigenvalue weighted by Crippen LogP contribution is 2.24. The summed E-state index contributed by atoms with van der Waals surface area (Å²) in [5.74, 6) is -1.52. The first kappa shape index (κ1) is 29.6. The van der Waals surface area contributed by atoms with Crippen LogP contribution in [0.3, 0.4) is 0 Å². The molecule has 0 spiro atoms. The third kappa shape index (κ3) is 7.82. The van der Waals surface area contributed by atoms with E-state index in [1.54, 1.807) is 30.3 Å². The minimum Gasteiger partial charge on any atom is -0.352 e. The summed E-state index contributed by atoms with van der Waals surface area (Å²) < 4.78 is 41.4. The van der Waals surface area contributed by atoms with Crippen LogP contribution in [-0.4, -0.2) is 50.0 Å². The highest BCUT2D eigenvalue weighted by atomic mass is 35.5. The zero-order valence-electron chi connectivity index (χ0n) is 22.3. The maximum absolute atomic E-state index is 14.8. The maximum Gasteiger partial charge on any atom is 0.244 e. The number of carbonyl (C=O) groups excluding carboxylic acids is 2. The van der Waals surface area contributed by atoms with E-state index in [4.69, 9.17) is 11.6 Å². The topological polar surface area (TPSA) is 86.8 Å². The third-order valence-corrected chi connectivity index (χ3v) is 8.42. The largest absolute Gasteiger partial charge is 0.352 e. The minimum atomic E-state index is -3.92. The van der Waals surface area contributed by atoms with Crippen molar-refractivity contribution in [1.29, 1.82) is 0 Å². The van der Waals surface area contributed by atoms with Gasteiger partial charge in [-0.3, -0.25) is 13.9 Å². The molecule has 1 fully saturated rings. The van der Waals surface area contributed by atoms with Crippen LogP contribution in [0, 0.1) is 5.82 Å². The monoisotopic (exact) mass is 585 g/mol. The smallest absolute Gasteiger partial charge is 0.244 e. The summed E-state index contributed by atoms with van der Waals surface area (Å²) in [6.07, 6.45) is 4.89. The van der Waals surface area contributed by atoms with E-state index in [1.165, 1.54) is 23.1 Å². The van der Waals surface area contributed by atoms with Gasteiger partial charge >= 0.3 is 0 Å². The summed E-state index contributed by atoms with van der Waals surface area (Å²) in [5, 5.41) is 3.39. The molecule has 1 aliphatic rings. The predicted molar refractivity (Wildman–Crippen MR) is 155 cm³/mol. The summed E-state index contributed by atoms with van der Waals surface area (Å²) in [6, 6.07) is 20.5. The van der Waals surface area contributed by atoms with Crippen molar-refractivity contribution in [2.24, 2.45) is 0 Å². The van der Waals surface area contributed by atoms with Crippen molar-refractivity contribution in [3.05, 3.63) is 101 Å². The van der Waals surface area contributed by atoms with Crippen LogP contribution in [0.5, 0.6) is 0 Å². The molecular weight excluding hydrogens is 553 g/mol. The first-order valence-electron chi connectivity index (χ1n) is 13.2. The van der Waals surface area contributed by atoms with Crippen LogP contribution in [0.2, 0.25) is 5.02 Å². The van der Waals surface area contributed by atoms with E-state index >= 15 is 0 Å². The van der Waals surface area contributed by atoms with E-state index in [9.17, 15) is 22.4 Å². The van der Waals surface area contributed by atoms with Gasteiger partial charge in [-0.05, 0) is 42.7 Å². The number of amides is 2. The second-order valence-electron chi connectivity index (χ2n) is 10.1. The number of anilines is 1. The molecule has 0 unspecified atom stereocenters. The molecule has 3 aromatic rings. The maximum atomic E-state index is 14.8. The molecule has 1 saturated carbocycles. The van der Waals surface area contributed by atoms with E-state index in [-0.39, 0.29) is 36.2 Å². The van der Waals surface area contributed by atoms with Gasteiger partial charge in [-0.15, -0.1) is 0 Å². The van der Waals surface area contributed by atoms with Gasteiger partial charge in [0.2, 0.25) is 21.8 Å². The highest BCUT2D eigenvalue weighted by molar-refractivity contribution is 7.92. The van der Waals surface area contributed by atoms with Gasteiger partial charge in [0.15, 0.2) is 0 Å². The number of hydrogen-bond donors (Lipinski definition) is 1. The Bertz CT molecular complexity index is 1430. The van der Waals surface area contributed by atoms with Gasteiger partial charge in [0.1, 0.15) is 18.4 Å². The van der Waals surface area contributed by atoms with Crippen LogP contribution in [-0.2, 0) is 32.6 Å². The molecule has 1 atom stereocenters. The lowest BCUT2D eigenvalue weighted by Gasteiger charge is -2.34. The average molecular weight is 586 g/mol. The van der Waals surface area contributed by atoms with Crippen LogP contribution in [0.4, 0.5) is 10.1 Å². The number of sulfonamides is 1. The molecule has 0 saturated heterocycles. The van der Waals surface area contributed by atoms with Gasteiger partial charge in [-0.25, -0.2) is 12.8 Å². The molecule has 0 heterocycles. The zero-order chi connectivity index (χ0) is 28.7. The molecule has 0 radical (unpaired) electrons. The Morgan fingerprint density at radius 1 is 1.00 bits per heavy atom. The van der Waals surface area contributed by atoms with E-state index in [0.29, 0.717) is 5.02 Å². The molecule has 10 heteroatoms. The van der Waals surface area contributed by atoms with Gasteiger partial charge in [0.25, 0.3) is 0 Å². The number of carbonyl (C=O) groups is 2. The molecule has 1 N–H and O–H groups in total. The zero-order valence-corrected chi connectivity index (χ0v) is 23.9. The summed E-state index contributed by atoms with van der Waals surface area (Å²) in [6.45, 7) is -0.802. The average Bonchev–Trinajstić information content (AvgIpc) is 3.43. The fourth-order valence-electron chi connectivity index (χ4n) is 4.98. The standard InChI is InChI=1S/C30H33ClFN3O4S/c1-40(38,39)35(26-16-9-13-24(31)19-26)21-29(36)34(20-23-12-5-8-17-27(23)32)28(18-22-10-3-2-4-11-22)30(37)33-25-14-6-7-15-25/h2-5,8-13,16-17,19,25,28H,6-7,14-15,18,20-21H2,1H3,(H,33,37)/t28-/m0/s1. The quantitative estimate of drug-likeness (QED) is 0.345. The molecule has 40 heavy (non-hydrogen) atoms. The molecule has 1 aliphatic carbocycles. The molecule has 2 amide bonds. The molecule has 4 rings (SSSR count). The number of nitrogens with zero attached hydrogens (tertiary/aromatic N) is 2. The van der Waals surface area contributed by atoms with Crippen molar-refractivity contribution in [1.82, 2.24) is 10.2 Å². The number of rotatable bonds is 11. The number of nitrogens with one attached hydrogen (secondary N) is 1. The van der Waals surface area contributed by atoms with Gasteiger partial charge in [-0.2, -0.15) is 0 Å².